The van der Waals surface area contributed by atoms with Crippen molar-refractivity contribution >= 4 is 23.6 Å². The summed E-state index contributed by atoms with van der Waals surface area (Å²) in [7, 11) is 3.24. The molecule has 0 spiro atoms. The van der Waals surface area contributed by atoms with Crippen LogP contribution in [-0.4, -0.2) is 72.1 Å². The van der Waals surface area contributed by atoms with Gasteiger partial charge in [0.15, 0.2) is 12.2 Å². The molecule has 0 aromatic heterocycles. The van der Waals surface area contributed by atoms with Crippen LogP contribution < -0.4 is 9.64 Å². The van der Waals surface area contributed by atoms with Crippen LogP contribution >= 0.6 is 0 Å². The van der Waals surface area contributed by atoms with Crippen LogP contribution in [0.2, 0.25) is 0 Å². The zero-order chi connectivity index (χ0) is 21.7. The van der Waals surface area contributed by atoms with Gasteiger partial charge in [-0.2, -0.15) is 0 Å². The quantitative estimate of drug-likeness (QED) is 0.754. The number of likely N-dealkylation sites (N-methyl/N-ethyl adjacent to an activating group) is 1. The number of carbonyl (C=O) groups is 2. The monoisotopic (exact) mass is 423 g/mol. The van der Waals surface area contributed by atoms with Crippen molar-refractivity contribution in [2.45, 2.75) is 18.8 Å². The molecule has 5 rings (SSSR count). The number of amides is 3. The minimum Gasteiger partial charge on any atom is -0.497 e. The van der Waals surface area contributed by atoms with Gasteiger partial charge in [0, 0.05) is 31.4 Å². The van der Waals surface area contributed by atoms with Crippen molar-refractivity contribution in [1.82, 2.24) is 14.7 Å². The SMILES string of the molecule is COc1ccc(N2CCN3C2=NC2C3C(=O)N(Cc3ccccc3F)C(=O)N2C)cc1. The van der Waals surface area contributed by atoms with Gasteiger partial charge >= 0.3 is 6.03 Å². The van der Waals surface area contributed by atoms with Gasteiger partial charge in [-0.1, -0.05) is 18.2 Å². The number of hydrogen-bond donors (Lipinski definition) is 0. The third-order valence-corrected chi connectivity index (χ3v) is 6.05. The lowest BCUT2D eigenvalue weighted by atomic mass is 10.1. The molecule has 2 aromatic rings. The van der Waals surface area contributed by atoms with Crippen molar-refractivity contribution in [3.8, 4) is 5.75 Å². The maximum Gasteiger partial charge on any atom is 0.328 e. The zero-order valence-corrected chi connectivity index (χ0v) is 17.2. The Balaban J connectivity index is 1.43. The van der Waals surface area contributed by atoms with Gasteiger partial charge in [0.05, 0.1) is 13.7 Å². The van der Waals surface area contributed by atoms with E-state index in [1.807, 2.05) is 34.1 Å². The number of benzene rings is 2. The Morgan fingerprint density at radius 3 is 2.55 bits per heavy atom. The predicted molar refractivity (Wildman–Crippen MR) is 112 cm³/mol. The average Bonchev–Trinajstić information content (AvgIpc) is 3.36. The molecule has 2 atom stereocenters. The third kappa shape index (κ3) is 2.99. The van der Waals surface area contributed by atoms with Crippen LogP contribution in [0.4, 0.5) is 14.9 Å². The van der Waals surface area contributed by atoms with Crippen LogP contribution in [0.5, 0.6) is 5.75 Å². The molecule has 0 saturated carbocycles. The highest BCUT2D eigenvalue weighted by Gasteiger charge is 2.54. The van der Waals surface area contributed by atoms with Gasteiger partial charge in [0.2, 0.25) is 5.96 Å². The van der Waals surface area contributed by atoms with Gasteiger partial charge in [-0.05, 0) is 30.3 Å². The summed E-state index contributed by atoms with van der Waals surface area (Å²) in [5, 5.41) is 0. The molecule has 0 radical (unpaired) electrons. The fraction of sp³-hybridized carbons (Fsp3) is 0.318. The summed E-state index contributed by atoms with van der Waals surface area (Å²) in [5.74, 6) is 0.627. The summed E-state index contributed by atoms with van der Waals surface area (Å²) in [5.41, 5.74) is 1.24. The Kier molecular flexibility index (Phi) is 4.53. The van der Waals surface area contributed by atoms with Crippen LogP contribution in [0, 0.1) is 5.82 Å². The van der Waals surface area contributed by atoms with Gasteiger partial charge < -0.3 is 19.4 Å². The van der Waals surface area contributed by atoms with E-state index in [1.54, 1.807) is 32.4 Å². The minimum atomic E-state index is -0.618. The summed E-state index contributed by atoms with van der Waals surface area (Å²) in [6.07, 6.45) is -0.604. The van der Waals surface area contributed by atoms with Crippen molar-refractivity contribution in [2.75, 3.05) is 32.1 Å². The topological polar surface area (TPSA) is 68.7 Å². The number of halogens is 1. The van der Waals surface area contributed by atoms with Gasteiger partial charge in [0.25, 0.3) is 5.91 Å². The van der Waals surface area contributed by atoms with E-state index in [4.69, 9.17) is 9.73 Å². The van der Waals surface area contributed by atoms with Crippen LogP contribution in [0.1, 0.15) is 5.56 Å². The molecule has 3 amide bonds. The van der Waals surface area contributed by atoms with Crippen molar-refractivity contribution in [3.05, 3.63) is 59.9 Å². The van der Waals surface area contributed by atoms with E-state index in [-0.39, 0.29) is 12.5 Å². The third-order valence-electron chi connectivity index (χ3n) is 6.05. The van der Waals surface area contributed by atoms with E-state index < -0.39 is 24.1 Å². The number of guanidine groups is 1. The van der Waals surface area contributed by atoms with Crippen LogP contribution in [0.3, 0.4) is 0 Å². The largest absolute Gasteiger partial charge is 0.497 e. The molecule has 9 heteroatoms. The smallest absolute Gasteiger partial charge is 0.328 e. The number of imide groups is 1. The standard InChI is InChI=1S/C22H22FN5O3/c1-25-19-18(20(29)28(22(25)30)13-14-5-3-4-6-17(14)23)27-12-11-26(21(27)24-19)15-7-9-16(31-2)10-8-15/h3-10,18-19H,11-13H2,1-2H3. The molecule has 0 aliphatic carbocycles. The van der Waals surface area contributed by atoms with Crippen molar-refractivity contribution in [2.24, 2.45) is 4.99 Å². The number of urea groups is 1. The molecule has 3 heterocycles. The maximum absolute atomic E-state index is 14.2. The Labute approximate surface area is 179 Å². The lowest BCUT2D eigenvalue weighted by molar-refractivity contribution is -0.137. The Hall–Kier alpha value is -3.62. The first-order valence-electron chi connectivity index (χ1n) is 10.1. The summed E-state index contributed by atoms with van der Waals surface area (Å²) in [4.78, 5) is 37.6. The lowest BCUT2D eigenvalue weighted by Gasteiger charge is -2.40. The van der Waals surface area contributed by atoms with Gasteiger partial charge in [-0.3, -0.25) is 9.69 Å². The fourth-order valence-corrected chi connectivity index (χ4v) is 4.39. The molecule has 0 bridgehead atoms. The highest BCUT2D eigenvalue weighted by molar-refractivity contribution is 6.07. The molecule has 2 aromatic carbocycles. The second kappa shape index (κ2) is 7.26. The average molecular weight is 423 g/mol. The van der Waals surface area contributed by atoms with Crippen molar-refractivity contribution < 1.29 is 18.7 Å². The molecule has 8 nitrogen and oxygen atoms in total. The number of aliphatic imine (C=N–C) groups is 1. The summed E-state index contributed by atoms with van der Waals surface area (Å²) in [6, 6.07) is 12.7. The highest BCUT2D eigenvalue weighted by Crippen LogP contribution is 2.34. The van der Waals surface area contributed by atoms with Crippen LogP contribution in [0.15, 0.2) is 53.5 Å². The Morgan fingerprint density at radius 1 is 1.10 bits per heavy atom. The Morgan fingerprint density at radius 2 is 1.84 bits per heavy atom. The van der Waals surface area contributed by atoms with E-state index >= 15 is 0 Å². The number of nitrogens with zero attached hydrogens (tertiary/aromatic N) is 5. The molecule has 2 fully saturated rings. The molecule has 160 valence electrons. The summed E-state index contributed by atoms with van der Waals surface area (Å²) >= 11 is 0. The van der Waals surface area contributed by atoms with E-state index in [2.05, 4.69) is 0 Å². The molecule has 2 saturated heterocycles. The molecular weight excluding hydrogens is 401 g/mol. The normalized spacial score (nSPS) is 22.6. The first kappa shape index (κ1) is 19.3. The van der Waals surface area contributed by atoms with E-state index in [0.29, 0.717) is 24.6 Å². The van der Waals surface area contributed by atoms with Gasteiger partial charge in [-0.25, -0.2) is 14.2 Å². The van der Waals surface area contributed by atoms with Gasteiger partial charge in [0.1, 0.15) is 11.6 Å². The first-order chi connectivity index (χ1) is 15.0. The van der Waals surface area contributed by atoms with E-state index in [0.717, 1.165) is 16.3 Å². The molecule has 3 aliphatic rings. The molecule has 2 unspecified atom stereocenters. The fourth-order valence-electron chi connectivity index (χ4n) is 4.39. The molecule has 0 N–H and O–H groups in total. The molecule has 31 heavy (non-hydrogen) atoms. The number of hydrogen-bond acceptors (Lipinski definition) is 6. The second-order valence-electron chi connectivity index (χ2n) is 7.74. The zero-order valence-electron chi connectivity index (χ0n) is 17.2. The van der Waals surface area contributed by atoms with E-state index in [1.165, 1.54) is 11.0 Å². The first-order valence-corrected chi connectivity index (χ1v) is 10.1. The van der Waals surface area contributed by atoms with Crippen molar-refractivity contribution in [3.63, 3.8) is 0 Å². The maximum atomic E-state index is 14.2. The predicted octanol–water partition coefficient (Wildman–Crippen LogP) is 2.11. The van der Waals surface area contributed by atoms with Crippen LogP contribution in [0.25, 0.3) is 0 Å². The molecule has 3 aliphatic heterocycles. The second-order valence-corrected chi connectivity index (χ2v) is 7.74. The van der Waals surface area contributed by atoms with E-state index in [9.17, 15) is 14.0 Å². The number of fused-ring (bicyclic) bond motifs is 3. The van der Waals surface area contributed by atoms with Crippen molar-refractivity contribution in [1.29, 1.82) is 0 Å². The number of rotatable bonds is 4. The Bertz CT molecular complexity index is 1070. The minimum absolute atomic E-state index is 0.108. The highest BCUT2D eigenvalue weighted by atomic mass is 19.1. The number of ether oxygens (including phenoxy) is 1. The molecular formula is C22H22FN5O3. The number of methoxy groups -OCH3 is 1. The number of carbonyl (C=O) groups excluding carboxylic acids is 2. The number of anilines is 1. The van der Waals surface area contributed by atoms with Gasteiger partial charge in [-0.15, -0.1) is 0 Å². The lowest BCUT2D eigenvalue weighted by Crippen LogP contribution is -2.64. The summed E-state index contributed by atoms with van der Waals surface area (Å²) < 4.78 is 19.4. The van der Waals surface area contributed by atoms with Crippen LogP contribution in [-0.2, 0) is 11.3 Å². The summed E-state index contributed by atoms with van der Waals surface area (Å²) in [6.45, 7) is 1.17.